The number of imidazole rings is 1. The van der Waals surface area contributed by atoms with Crippen molar-refractivity contribution >= 4 is 12.1 Å². The summed E-state index contributed by atoms with van der Waals surface area (Å²) in [5.74, 6) is 0. The SMILES string of the molecule is CC(C)SF.Cn1cnc(-c2[nH]ccc2-c2ccccc2)c1. The average molecular weight is 317 g/mol. The summed E-state index contributed by atoms with van der Waals surface area (Å²) in [6, 6.07) is 12.4. The van der Waals surface area contributed by atoms with Gasteiger partial charge in [0.15, 0.2) is 0 Å². The van der Waals surface area contributed by atoms with Crippen LogP contribution in [0, 0.1) is 0 Å². The third-order valence-corrected chi connectivity index (χ3v) is 3.33. The maximum absolute atomic E-state index is 11.0. The average Bonchev–Trinajstić information content (AvgIpc) is 3.17. The van der Waals surface area contributed by atoms with E-state index in [0.29, 0.717) is 12.1 Å². The summed E-state index contributed by atoms with van der Waals surface area (Å²) in [5, 5.41) is 0.134. The van der Waals surface area contributed by atoms with Crippen LogP contribution in [-0.4, -0.2) is 19.8 Å². The van der Waals surface area contributed by atoms with E-state index in [0.717, 1.165) is 11.4 Å². The molecule has 0 saturated carbocycles. The molecule has 22 heavy (non-hydrogen) atoms. The van der Waals surface area contributed by atoms with Crippen LogP contribution in [0.5, 0.6) is 0 Å². The number of hydrogen-bond acceptors (Lipinski definition) is 2. The topological polar surface area (TPSA) is 33.6 Å². The van der Waals surface area contributed by atoms with Gasteiger partial charge in [-0.25, -0.2) is 4.98 Å². The Labute approximate surface area is 134 Å². The third kappa shape index (κ3) is 4.24. The number of nitrogens with zero attached hydrogens (tertiary/aromatic N) is 2. The lowest BCUT2D eigenvalue weighted by atomic mass is 10.1. The standard InChI is InChI=1S/C14H13N3.C3H7FS/c1-17-9-13(16-10-17)14-12(7-8-15-14)11-5-3-2-4-6-11;1-3(2)5-4/h2-10,15H,1H3;3H,1-2H3. The van der Waals surface area contributed by atoms with Crippen LogP contribution >= 0.6 is 12.1 Å². The second-order valence-electron chi connectivity index (χ2n) is 5.19. The van der Waals surface area contributed by atoms with Crippen molar-refractivity contribution in [2.24, 2.45) is 7.05 Å². The monoisotopic (exact) mass is 317 g/mol. The summed E-state index contributed by atoms with van der Waals surface area (Å²) in [7, 11) is 1.97. The molecule has 2 heterocycles. The van der Waals surface area contributed by atoms with Gasteiger partial charge in [-0.2, -0.15) is 3.89 Å². The molecule has 0 fully saturated rings. The maximum atomic E-state index is 11.0. The molecule has 0 unspecified atom stereocenters. The molecule has 0 radical (unpaired) electrons. The largest absolute Gasteiger partial charge is 0.359 e. The lowest BCUT2D eigenvalue weighted by Gasteiger charge is -2.01. The molecule has 3 aromatic rings. The highest BCUT2D eigenvalue weighted by Crippen LogP contribution is 2.29. The molecule has 5 heteroatoms. The summed E-state index contributed by atoms with van der Waals surface area (Å²) in [5.41, 5.74) is 4.42. The van der Waals surface area contributed by atoms with E-state index in [1.54, 1.807) is 0 Å². The molecule has 0 aliphatic heterocycles. The second kappa shape index (κ2) is 7.84. The van der Waals surface area contributed by atoms with Gasteiger partial charge in [0, 0.05) is 42.4 Å². The van der Waals surface area contributed by atoms with E-state index in [2.05, 4.69) is 28.2 Å². The summed E-state index contributed by atoms with van der Waals surface area (Å²) in [6.07, 6.45) is 5.77. The van der Waals surface area contributed by atoms with Gasteiger partial charge in [0.25, 0.3) is 0 Å². The molecule has 0 aliphatic carbocycles. The van der Waals surface area contributed by atoms with Crippen LogP contribution < -0.4 is 0 Å². The van der Waals surface area contributed by atoms with Crippen LogP contribution in [0.25, 0.3) is 22.5 Å². The number of aromatic amines is 1. The number of nitrogens with one attached hydrogen (secondary N) is 1. The van der Waals surface area contributed by atoms with Crippen molar-refractivity contribution in [3.05, 3.63) is 55.1 Å². The number of hydrogen-bond donors (Lipinski definition) is 1. The smallest absolute Gasteiger partial charge is 0.105 e. The van der Waals surface area contributed by atoms with Gasteiger partial charge in [-0.3, -0.25) is 0 Å². The number of benzene rings is 1. The molecule has 2 aromatic heterocycles. The molecular weight excluding hydrogens is 297 g/mol. The molecule has 0 amide bonds. The lowest BCUT2D eigenvalue weighted by molar-refractivity contribution is 0.906. The zero-order valence-corrected chi connectivity index (χ0v) is 13.8. The Morgan fingerprint density at radius 3 is 2.41 bits per heavy atom. The zero-order chi connectivity index (χ0) is 15.9. The van der Waals surface area contributed by atoms with E-state index < -0.39 is 0 Å². The lowest BCUT2D eigenvalue weighted by Crippen LogP contribution is -1.82. The van der Waals surface area contributed by atoms with Crippen LogP contribution in [0.15, 0.2) is 55.1 Å². The van der Waals surface area contributed by atoms with Crippen LogP contribution in [0.4, 0.5) is 3.89 Å². The number of aromatic nitrogens is 3. The predicted molar refractivity (Wildman–Crippen MR) is 92.3 cm³/mol. The van der Waals surface area contributed by atoms with Crippen molar-refractivity contribution in [2.45, 2.75) is 19.1 Å². The summed E-state index contributed by atoms with van der Waals surface area (Å²) in [4.78, 5) is 7.63. The molecule has 0 atom stereocenters. The first-order valence-electron chi connectivity index (χ1n) is 7.10. The van der Waals surface area contributed by atoms with E-state index in [-0.39, 0.29) is 5.25 Å². The van der Waals surface area contributed by atoms with Crippen LogP contribution in [0.2, 0.25) is 0 Å². The van der Waals surface area contributed by atoms with Gasteiger partial charge in [-0.1, -0.05) is 44.2 Å². The first-order chi connectivity index (χ1) is 10.6. The number of H-pyrrole nitrogens is 1. The predicted octanol–water partition coefficient (Wildman–Crippen LogP) is 5.09. The van der Waals surface area contributed by atoms with Gasteiger partial charge in [0.2, 0.25) is 0 Å². The van der Waals surface area contributed by atoms with E-state index >= 15 is 0 Å². The fourth-order valence-corrected chi connectivity index (χ4v) is 1.98. The van der Waals surface area contributed by atoms with E-state index in [1.165, 1.54) is 11.1 Å². The Balaban J connectivity index is 0.000000309. The quantitative estimate of drug-likeness (QED) is 0.729. The first kappa shape index (κ1) is 16.4. The molecule has 0 aliphatic rings. The molecule has 116 valence electrons. The van der Waals surface area contributed by atoms with Crippen molar-refractivity contribution in [3.8, 4) is 22.5 Å². The Kier molecular flexibility index (Phi) is 5.83. The first-order valence-corrected chi connectivity index (χ1v) is 7.88. The molecule has 0 spiro atoms. The van der Waals surface area contributed by atoms with Crippen molar-refractivity contribution in [1.29, 1.82) is 0 Å². The molecule has 1 aromatic carbocycles. The van der Waals surface area contributed by atoms with E-state index in [4.69, 9.17) is 0 Å². The molecule has 0 saturated heterocycles. The van der Waals surface area contributed by atoms with Crippen molar-refractivity contribution in [1.82, 2.24) is 14.5 Å². The highest BCUT2D eigenvalue weighted by atomic mass is 32.2. The minimum absolute atomic E-state index is 0.134. The zero-order valence-electron chi connectivity index (χ0n) is 13.0. The van der Waals surface area contributed by atoms with Crippen molar-refractivity contribution in [2.75, 3.05) is 0 Å². The molecule has 3 nitrogen and oxygen atoms in total. The number of aryl methyl sites for hydroxylation is 1. The van der Waals surface area contributed by atoms with Gasteiger partial charge in [0.05, 0.1) is 12.0 Å². The molecule has 0 bridgehead atoms. The van der Waals surface area contributed by atoms with Crippen LogP contribution in [0.1, 0.15) is 13.8 Å². The number of rotatable bonds is 3. The fraction of sp³-hybridized carbons (Fsp3) is 0.235. The van der Waals surface area contributed by atoms with Gasteiger partial charge >= 0.3 is 0 Å². The second-order valence-corrected chi connectivity index (χ2v) is 6.32. The molecule has 3 rings (SSSR count). The fourth-order valence-electron chi connectivity index (χ4n) is 1.98. The summed E-state index contributed by atoms with van der Waals surface area (Å²) >= 11 is 0.380. The Morgan fingerprint density at radius 1 is 1.18 bits per heavy atom. The van der Waals surface area contributed by atoms with E-state index in [9.17, 15) is 3.89 Å². The highest BCUT2D eigenvalue weighted by Gasteiger charge is 2.09. The van der Waals surface area contributed by atoms with Crippen molar-refractivity contribution in [3.63, 3.8) is 0 Å². The Hall–Kier alpha value is -2.01. The summed E-state index contributed by atoms with van der Waals surface area (Å²) < 4.78 is 13.0. The Morgan fingerprint density at radius 2 is 1.86 bits per heavy atom. The Bertz CT molecular complexity index is 689. The van der Waals surface area contributed by atoms with E-state index in [1.807, 2.05) is 62.4 Å². The van der Waals surface area contributed by atoms with Gasteiger partial charge < -0.3 is 9.55 Å². The van der Waals surface area contributed by atoms with Gasteiger partial charge in [0.1, 0.15) is 5.69 Å². The maximum Gasteiger partial charge on any atom is 0.105 e. The minimum atomic E-state index is 0.134. The molecule has 1 N–H and O–H groups in total. The highest BCUT2D eigenvalue weighted by molar-refractivity contribution is 7.94. The minimum Gasteiger partial charge on any atom is -0.359 e. The molecular formula is C17H20FN3S. The number of halogens is 1. The van der Waals surface area contributed by atoms with Crippen molar-refractivity contribution < 1.29 is 3.89 Å². The van der Waals surface area contributed by atoms with Gasteiger partial charge in [-0.15, -0.1) is 0 Å². The van der Waals surface area contributed by atoms with Gasteiger partial charge in [-0.05, 0) is 11.6 Å². The van der Waals surface area contributed by atoms with Crippen LogP contribution in [-0.2, 0) is 7.05 Å². The normalized spacial score (nSPS) is 10.4. The summed E-state index contributed by atoms with van der Waals surface area (Å²) in [6.45, 7) is 3.62. The van der Waals surface area contributed by atoms with Crippen LogP contribution in [0.3, 0.4) is 0 Å². The third-order valence-electron chi connectivity index (χ3n) is 2.97.